The van der Waals surface area contributed by atoms with Crippen LogP contribution in [0.4, 0.5) is 0 Å². The molecular weight excluding hydrogens is 240 g/mol. The zero-order valence-electron chi connectivity index (χ0n) is 12.8. The van der Waals surface area contributed by atoms with E-state index in [9.17, 15) is 5.11 Å². The number of nitrogens with zero attached hydrogens (tertiary/aromatic N) is 2. The predicted molar refractivity (Wildman–Crippen MR) is 77.4 cm³/mol. The molecule has 1 atom stereocenters. The van der Waals surface area contributed by atoms with Crippen LogP contribution in [0.5, 0.6) is 0 Å². The molecule has 2 fully saturated rings. The lowest BCUT2D eigenvalue weighted by Gasteiger charge is -2.38. The zero-order valence-corrected chi connectivity index (χ0v) is 12.8. The summed E-state index contributed by atoms with van der Waals surface area (Å²) in [5, 5.41) is 10.4. The number of likely N-dealkylation sites (N-methyl/N-ethyl adjacent to an activating group) is 1. The Morgan fingerprint density at radius 1 is 1.37 bits per heavy atom. The molecule has 1 heterocycles. The number of aliphatic hydroxyl groups is 1. The molecule has 1 saturated heterocycles. The van der Waals surface area contributed by atoms with Gasteiger partial charge in [0.2, 0.25) is 0 Å². The van der Waals surface area contributed by atoms with Crippen LogP contribution in [0.1, 0.15) is 39.5 Å². The van der Waals surface area contributed by atoms with Gasteiger partial charge >= 0.3 is 0 Å². The van der Waals surface area contributed by atoms with E-state index in [2.05, 4.69) is 30.7 Å². The van der Waals surface area contributed by atoms with Crippen LogP contribution < -0.4 is 0 Å². The molecule has 2 rings (SSSR count). The Bertz CT molecular complexity index is 277. The molecule has 4 nitrogen and oxygen atoms in total. The van der Waals surface area contributed by atoms with E-state index in [1.807, 2.05) is 0 Å². The van der Waals surface area contributed by atoms with E-state index in [0.29, 0.717) is 6.04 Å². The molecule has 0 aromatic carbocycles. The van der Waals surface area contributed by atoms with Crippen LogP contribution in [-0.2, 0) is 4.74 Å². The topological polar surface area (TPSA) is 35.9 Å². The first-order valence-corrected chi connectivity index (χ1v) is 7.75. The van der Waals surface area contributed by atoms with E-state index < -0.39 is 5.60 Å². The molecule has 1 saturated carbocycles. The van der Waals surface area contributed by atoms with Gasteiger partial charge in [-0.05, 0) is 33.7 Å². The molecule has 112 valence electrons. The smallest absolute Gasteiger partial charge is 0.0829 e. The minimum atomic E-state index is -0.443. The lowest BCUT2D eigenvalue weighted by molar-refractivity contribution is -0.0598. The van der Waals surface area contributed by atoms with Crippen LogP contribution in [0.15, 0.2) is 0 Å². The quantitative estimate of drug-likeness (QED) is 0.818. The summed E-state index contributed by atoms with van der Waals surface area (Å²) in [6.07, 6.45) is 4.55. The summed E-state index contributed by atoms with van der Waals surface area (Å²) in [7, 11) is 2.11. The van der Waals surface area contributed by atoms with Gasteiger partial charge in [-0.15, -0.1) is 0 Å². The van der Waals surface area contributed by atoms with Crippen molar-refractivity contribution in [1.29, 1.82) is 0 Å². The minimum Gasteiger partial charge on any atom is -0.389 e. The summed E-state index contributed by atoms with van der Waals surface area (Å²) < 4.78 is 5.86. The second-order valence-corrected chi connectivity index (χ2v) is 6.71. The van der Waals surface area contributed by atoms with E-state index in [4.69, 9.17) is 4.74 Å². The van der Waals surface area contributed by atoms with Gasteiger partial charge in [0.25, 0.3) is 0 Å². The number of hydrogen-bond donors (Lipinski definition) is 1. The summed E-state index contributed by atoms with van der Waals surface area (Å²) in [6, 6.07) is 0.593. The van der Waals surface area contributed by atoms with Crippen molar-refractivity contribution in [2.75, 3.05) is 39.8 Å². The molecule has 0 aromatic rings. The Balaban J connectivity index is 1.76. The Morgan fingerprint density at radius 2 is 2.05 bits per heavy atom. The second kappa shape index (κ2) is 6.53. The first kappa shape index (κ1) is 15.2. The lowest BCUT2D eigenvalue weighted by atomic mass is 10.0. The van der Waals surface area contributed by atoms with Crippen LogP contribution >= 0.6 is 0 Å². The monoisotopic (exact) mass is 270 g/mol. The average Bonchev–Trinajstić information content (AvgIpc) is 2.75. The van der Waals surface area contributed by atoms with Crippen LogP contribution in [0.2, 0.25) is 0 Å². The Labute approximate surface area is 117 Å². The largest absolute Gasteiger partial charge is 0.389 e. The molecule has 1 aliphatic carbocycles. The van der Waals surface area contributed by atoms with Crippen LogP contribution in [0, 0.1) is 0 Å². The molecule has 1 N–H and O–H groups in total. The highest BCUT2D eigenvalue weighted by molar-refractivity contribution is 4.87. The van der Waals surface area contributed by atoms with Gasteiger partial charge in [0.1, 0.15) is 0 Å². The Hall–Kier alpha value is -0.160. The van der Waals surface area contributed by atoms with E-state index in [0.717, 1.165) is 45.6 Å². The first-order valence-electron chi connectivity index (χ1n) is 7.75. The Morgan fingerprint density at radius 3 is 2.68 bits per heavy atom. The average molecular weight is 270 g/mol. The summed E-state index contributed by atoms with van der Waals surface area (Å²) >= 11 is 0. The SMILES string of the molecule is CC(C)N1CCOC(CN(C)CC2(O)CCCC2)C1. The fourth-order valence-corrected chi connectivity index (χ4v) is 3.43. The highest BCUT2D eigenvalue weighted by atomic mass is 16.5. The summed E-state index contributed by atoms with van der Waals surface area (Å²) in [5.41, 5.74) is -0.443. The van der Waals surface area contributed by atoms with Crippen LogP contribution in [0.3, 0.4) is 0 Å². The van der Waals surface area contributed by atoms with Crippen molar-refractivity contribution < 1.29 is 9.84 Å². The van der Waals surface area contributed by atoms with Crippen LogP contribution in [0.25, 0.3) is 0 Å². The molecule has 0 bridgehead atoms. The lowest BCUT2D eigenvalue weighted by Crippen LogP contribution is -2.51. The molecule has 0 radical (unpaired) electrons. The number of hydrogen-bond acceptors (Lipinski definition) is 4. The molecule has 1 aliphatic heterocycles. The van der Waals surface area contributed by atoms with Crippen molar-refractivity contribution in [2.24, 2.45) is 0 Å². The van der Waals surface area contributed by atoms with Gasteiger partial charge in [-0.1, -0.05) is 12.8 Å². The van der Waals surface area contributed by atoms with Gasteiger partial charge in [0.15, 0.2) is 0 Å². The molecule has 4 heteroatoms. The maximum Gasteiger partial charge on any atom is 0.0829 e. The van der Waals surface area contributed by atoms with Crippen LogP contribution in [-0.4, -0.2) is 72.5 Å². The van der Waals surface area contributed by atoms with Gasteiger partial charge in [-0.2, -0.15) is 0 Å². The molecule has 0 spiro atoms. The molecule has 1 unspecified atom stereocenters. The van der Waals surface area contributed by atoms with Crippen molar-refractivity contribution in [3.05, 3.63) is 0 Å². The number of morpholine rings is 1. The zero-order chi connectivity index (χ0) is 13.9. The molecule has 0 aromatic heterocycles. The van der Waals surface area contributed by atoms with E-state index in [1.54, 1.807) is 0 Å². The third-order valence-electron chi connectivity index (χ3n) is 4.51. The number of ether oxygens (including phenoxy) is 1. The molecular formula is C15H30N2O2. The maximum absolute atomic E-state index is 10.4. The van der Waals surface area contributed by atoms with Crippen molar-refractivity contribution in [3.63, 3.8) is 0 Å². The third kappa shape index (κ3) is 4.42. The first-order chi connectivity index (χ1) is 8.98. The standard InChI is InChI=1S/C15H30N2O2/c1-13(2)17-8-9-19-14(11-17)10-16(3)12-15(18)6-4-5-7-15/h13-14,18H,4-12H2,1-3H3. The predicted octanol–water partition coefficient (Wildman–Crippen LogP) is 1.33. The molecule has 19 heavy (non-hydrogen) atoms. The van der Waals surface area contributed by atoms with E-state index in [-0.39, 0.29) is 6.10 Å². The molecule has 0 amide bonds. The summed E-state index contributed by atoms with van der Waals surface area (Å²) in [4.78, 5) is 4.73. The van der Waals surface area contributed by atoms with Gasteiger partial charge in [0.05, 0.1) is 18.3 Å². The highest BCUT2D eigenvalue weighted by Crippen LogP contribution is 2.30. The highest BCUT2D eigenvalue weighted by Gasteiger charge is 2.33. The number of rotatable bonds is 5. The fourth-order valence-electron chi connectivity index (χ4n) is 3.43. The van der Waals surface area contributed by atoms with Crippen molar-refractivity contribution in [3.8, 4) is 0 Å². The van der Waals surface area contributed by atoms with E-state index >= 15 is 0 Å². The van der Waals surface area contributed by atoms with Crippen molar-refractivity contribution >= 4 is 0 Å². The summed E-state index contributed by atoms with van der Waals surface area (Å²) in [5.74, 6) is 0. The minimum absolute atomic E-state index is 0.283. The van der Waals surface area contributed by atoms with Gasteiger partial charge in [-0.25, -0.2) is 0 Å². The third-order valence-corrected chi connectivity index (χ3v) is 4.51. The maximum atomic E-state index is 10.4. The summed E-state index contributed by atoms with van der Waals surface area (Å²) in [6.45, 7) is 9.09. The fraction of sp³-hybridized carbons (Fsp3) is 1.00. The second-order valence-electron chi connectivity index (χ2n) is 6.71. The van der Waals surface area contributed by atoms with Gasteiger partial charge in [0, 0.05) is 32.2 Å². The molecule has 2 aliphatic rings. The van der Waals surface area contributed by atoms with Crippen molar-refractivity contribution in [1.82, 2.24) is 9.80 Å². The van der Waals surface area contributed by atoms with E-state index in [1.165, 1.54) is 12.8 Å². The van der Waals surface area contributed by atoms with Gasteiger partial charge < -0.3 is 14.7 Å². The van der Waals surface area contributed by atoms with Crippen molar-refractivity contribution in [2.45, 2.75) is 57.3 Å². The van der Waals surface area contributed by atoms with Gasteiger partial charge in [-0.3, -0.25) is 4.90 Å². The normalized spacial score (nSPS) is 28.4. The Kier molecular flexibility index (Phi) is 5.23.